The molecule has 23 heavy (non-hydrogen) atoms. The van der Waals surface area contributed by atoms with E-state index in [4.69, 9.17) is 0 Å². The number of nitrogens with zero attached hydrogens (tertiary/aromatic N) is 2. The third-order valence-electron chi connectivity index (χ3n) is 4.22. The number of anilines is 1. The first kappa shape index (κ1) is 17.3. The summed E-state index contributed by atoms with van der Waals surface area (Å²) in [5.74, 6) is 1.01. The lowest BCUT2D eigenvalue weighted by Crippen LogP contribution is -2.41. The van der Waals surface area contributed by atoms with Gasteiger partial charge < -0.3 is 15.5 Å². The summed E-state index contributed by atoms with van der Waals surface area (Å²) >= 11 is 0. The van der Waals surface area contributed by atoms with Crippen molar-refractivity contribution in [3.8, 4) is 0 Å². The fraction of sp³-hybridized carbons (Fsp3) is 0.556. The third-order valence-corrected chi connectivity index (χ3v) is 4.22. The van der Waals surface area contributed by atoms with Crippen LogP contribution in [0.3, 0.4) is 0 Å². The Kier molecular flexibility index (Phi) is 6.44. The highest BCUT2D eigenvalue weighted by Gasteiger charge is 2.18. The molecule has 1 aromatic rings. The predicted octanol–water partition coefficient (Wildman–Crippen LogP) is 3.14. The van der Waals surface area contributed by atoms with E-state index in [1.807, 2.05) is 19.1 Å². The molecule has 1 fully saturated rings. The van der Waals surface area contributed by atoms with E-state index in [2.05, 4.69) is 40.1 Å². The van der Waals surface area contributed by atoms with E-state index in [9.17, 15) is 4.79 Å². The summed E-state index contributed by atoms with van der Waals surface area (Å²) < 4.78 is 0. The molecule has 5 heteroatoms. The lowest BCUT2D eigenvalue weighted by Gasteiger charge is -2.21. The van der Waals surface area contributed by atoms with Crippen molar-refractivity contribution in [3.63, 3.8) is 0 Å². The van der Waals surface area contributed by atoms with E-state index < -0.39 is 0 Å². The topological polar surface area (TPSA) is 57.3 Å². The summed E-state index contributed by atoms with van der Waals surface area (Å²) in [6, 6.07) is 4.08. The maximum Gasteiger partial charge on any atom is 0.315 e. The second-order valence-electron chi connectivity index (χ2n) is 6.09. The highest BCUT2D eigenvalue weighted by molar-refractivity contribution is 5.74. The number of nitrogens with one attached hydrogen (secondary N) is 2. The van der Waals surface area contributed by atoms with Gasteiger partial charge in [0, 0.05) is 36.9 Å². The van der Waals surface area contributed by atoms with E-state index in [-0.39, 0.29) is 12.1 Å². The van der Waals surface area contributed by atoms with Gasteiger partial charge in [-0.05, 0) is 38.7 Å². The zero-order valence-corrected chi connectivity index (χ0v) is 14.3. The molecular weight excluding hydrogens is 288 g/mol. The number of aryl methyl sites for hydroxylation is 1. The number of urea groups is 1. The van der Waals surface area contributed by atoms with Crippen LogP contribution in [0.4, 0.5) is 10.6 Å². The molecule has 1 atom stereocenters. The van der Waals surface area contributed by atoms with Crippen molar-refractivity contribution in [2.24, 2.45) is 0 Å². The summed E-state index contributed by atoms with van der Waals surface area (Å²) in [6.45, 7) is 10.4. The summed E-state index contributed by atoms with van der Waals surface area (Å²) in [5, 5.41) is 5.94. The van der Waals surface area contributed by atoms with Crippen LogP contribution in [0.1, 0.15) is 43.9 Å². The van der Waals surface area contributed by atoms with Gasteiger partial charge in [-0.1, -0.05) is 19.1 Å². The van der Waals surface area contributed by atoms with E-state index in [1.165, 1.54) is 12.8 Å². The number of pyridine rings is 1. The van der Waals surface area contributed by atoms with Crippen LogP contribution in [0.15, 0.2) is 24.8 Å². The van der Waals surface area contributed by atoms with Crippen LogP contribution in [0.5, 0.6) is 0 Å². The monoisotopic (exact) mass is 316 g/mol. The fourth-order valence-electron chi connectivity index (χ4n) is 2.85. The Morgan fingerprint density at radius 1 is 1.43 bits per heavy atom. The molecule has 0 spiro atoms. The predicted molar refractivity (Wildman–Crippen MR) is 94.7 cm³/mol. The smallest absolute Gasteiger partial charge is 0.315 e. The SMILES string of the molecule is C=CC[C@@H](CC)NC(=O)NCc1ccc(C)nc1N1CCCC1. The number of amides is 2. The van der Waals surface area contributed by atoms with Crippen molar-refractivity contribution in [1.29, 1.82) is 0 Å². The van der Waals surface area contributed by atoms with Gasteiger partial charge >= 0.3 is 6.03 Å². The first-order chi connectivity index (χ1) is 11.1. The Labute approximate surface area is 139 Å². The van der Waals surface area contributed by atoms with Crippen molar-refractivity contribution in [2.75, 3.05) is 18.0 Å². The van der Waals surface area contributed by atoms with Gasteiger partial charge in [-0.3, -0.25) is 0 Å². The lowest BCUT2D eigenvalue weighted by molar-refractivity contribution is 0.236. The number of rotatable bonds is 7. The fourth-order valence-corrected chi connectivity index (χ4v) is 2.85. The molecule has 0 saturated carbocycles. The second kappa shape index (κ2) is 8.56. The quantitative estimate of drug-likeness (QED) is 0.760. The minimum atomic E-state index is -0.133. The average molecular weight is 316 g/mol. The second-order valence-corrected chi connectivity index (χ2v) is 6.09. The Hall–Kier alpha value is -2.04. The summed E-state index contributed by atoms with van der Waals surface area (Å²) in [5.41, 5.74) is 2.08. The van der Waals surface area contributed by atoms with Crippen LogP contribution >= 0.6 is 0 Å². The molecule has 0 radical (unpaired) electrons. The molecule has 5 nitrogen and oxygen atoms in total. The van der Waals surface area contributed by atoms with Crippen LogP contribution in [0.25, 0.3) is 0 Å². The van der Waals surface area contributed by atoms with Gasteiger partial charge in [-0.25, -0.2) is 9.78 Å². The van der Waals surface area contributed by atoms with Gasteiger partial charge in [0.25, 0.3) is 0 Å². The van der Waals surface area contributed by atoms with Gasteiger partial charge in [0.2, 0.25) is 0 Å². The summed E-state index contributed by atoms with van der Waals surface area (Å²) in [6.07, 6.45) is 5.94. The van der Waals surface area contributed by atoms with Gasteiger partial charge in [-0.2, -0.15) is 0 Å². The summed E-state index contributed by atoms with van der Waals surface area (Å²) in [7, 11) is 0. The summed E-state index contributed by atoms with van der Waals surface area (Å²) in [4.78, 5) is 19.1. The van der Waals surface area contributed by atoms with Crippen LogP contribution in [-0.4, -0.2) is 30.1 Å². The van der Waals surface area contributed by atoms with Crippen molar-refractivity contribution >= 4 is 11.8 Å². The van der Waals surface area contributed by atoms with E-state index >= 15 is 0 Å². The standard InChI is InChI=1S/C18H28N4O/c1-4-8-16(5-2)21-18(23)19-13-15-10-9-14(3)20-17(15)22-11-6-7-12-22/h4,9-10,16H,1,5-8,11-13H2,2-3H3,(H2,19,21,23)/t16-/m1/s1. The molecule has 0 bridgehead atoms. The number of hydrogen-bond donors (Lipinski definition) is 2. The van der Waals surface area contributed by atoms with E-state index in [1.54, 1.807) is 0 Å². The minimum Gasteiger partial charge on any atom is -0.356 e. The van der Waals surface area contributed by atoms with Crippen LogP contribution in [0.2, 0.25) is 0 Å². The lowest BCUT2D eigenvalue weighted by atomic mass is 10.1. The molecule has 0 aromatic carbocycles. The number of carbonyl (C=O) groups excluding carboxylic acids is 1. The molecule has 1 aliphatic rings. The Morgan fingerprint density at radius 2 is 2.17 bits per heavy atom. The highest BCUT2D eigenvalue weighted by atomic mass is 16.2. The molecule has 2 N–H and O–H groups in total. The minimum absolute atomic E-state index is 0.133. The molecule has 126 valence electrons. The molecule has 2 rings (SSSR count). The molecule has 0 aliphatic carbocycles. The van der Waals surface area contributed by atoms with Crippen LogP contribution in [-0.2, 0) is 6.54 Å². The maximum atomic E-state index is 12.1. The van der Waals surface area contributed by atoms with Crippen LogP contribution in [0, 0.1) is 6.92 Å². The molecule has 2 amide bonds. The van der Waals surface area contributed by atoms with Gasteiger partial charge in [0.1, 0.15) is 5.82 Å². The van der Waals surface area contributed by atoms with E-state index in [0.29, 0.717) is 6.54 Å². The molecule has 0 unspecified atom stereocenters. The first-order valence-electron chi connectivity index (χ1n) is 8.50. The van der Waals surface area contributed by atoms with Gasteiger partial charge in [0.15, 0.2) is 0 Å². The number of aromatic nitrogens is 1. The number of hydrogen-bond acceptors (Lipinski definition) is 3. The molecular formula is C18H28N4O. The van der Waals surface area contributed by atoms with Crippen molar-refractivity contribution in [1.82, 2.24) is 15.6 Å². The molecule has 1 aliphatic heterocycles. The Bertz CT molecular complexity index is 538. The van der Waals surface area contributed by atoms with E-state index in [0.717, 1.165) is 43.0 Å². The maximum absolute atomic E-state index is 12.1. The third kappa shape index (κ3) is 4.98. The average Bonchev–Trinajstić information content (AvgIpc) is 3.07. The largest absolute Gasteiger partial charge is 0.356 e. The zero-order valence-electron chi connectivity index (χ0n) is 14.3. The highest BCUT2D eigenvalue weighted by Crippen LogP contribution is 2.22. The normalized spacial score (nSPS) is 15.3. The first-order valence-corrected chi connectivity index (χ1v) is 8.50. The zero-order chi connectivity index (χ0) is 16.7. The Morgan fingerprint density at radius 3 is 2.83 bits per heavy atom. The Balaban J connectivity index is 1.97. The van der Waals surface area contributed by atoms with Gasteiger partial charge in [0.05, 0.1) is 0 Å². The van der Waals surface area contributed by atoms with Gasteiger partial charge in [-0.15, -0.1) is 6.58 Å². The molecule has 1 saturated heterocycles. The molecule has 2 heterocycles. The van der Waals surface area contributed by atoms with Crippen LogP contribution < -0.4 is 15.5 Å². The molecule has 1 aromatic heterocycles. The van der Waals surface area contributed by atoms with Crippen molar-refractivity contribution in [2.45, 2.75) is 52.1 Å². The van der Waals surface area contributed by atoms with Crippen molar-refractivity contribution in [3.05, 3.63) is 36.0 Å². The van der Waals surface area contributed by atoms with Crippen molar-refractivity contribution < 1.29 is 4.79 Å². The number of carbonyl (C=O) groups is 1.